The van der Waals surface area contributed by atoms with Gasteiger partial charge in [0.2, 0.25) is 0 Å². The Labute approximate surface area is 125 Å². The molecule has 3 heterocycles. The van der Waals surface area contributed by atoms with Crippen molar-refractivity contribution < 1.29 is 9.90 Å². The summed E-state index contributed by atoms with van der Waals surface area (Å²) in [6, 6.07) is 3.40. The lowest BCUT2D eigenvalue weighted by atomic mass is 9.88. The molecule has 2 bridgehead atoms. The van der Waals surface area contributed by atoms with Gasteiger partial charge in [-0.3, -0.25) is 9.69 Å². The zero-order chi connectivity index (χ0) is 13.4. The SMILES string of the molecule is O=C(O)CC1CC2CCC(C1)N2Cc1csc(Br)c1. The summed E-state index contributed by atoms with van der Waals surface area (Å²) in [7, 11) is 0. The van der Waals surface area contributed by atoms with Crippen molar-refractivity contribution in [1.82, 2.24) is 4.90 Å². The molecule has 2 fully saturated rings. The molecular formula is C14H18BrNO2S. The summed E-state index contributed by atoms with van der Waals surface area (Å²) >= 11 is 5.25. The van der Waals surface area contributed by atoms with Gasteiger partial charge in [-0.15, -0.1) is 11.3 Å². The van der Waals surface area contributed by atoms with Crippen molar-refractivity contribution in [2.45, 2.75) is 50.7 Å². The molecule has 0 radical (unpaired) electrons. The van der Waals surface area contributed by atoms with Crippen LogP contribution in [0.2, 0.25) is 0 Å². The largest absolute Gasteiger partial charge is 0.481 e. The first kappa shape index (κ1) is 13.6. The van der Waals surface area contributed by atoms with Crippen molar-refractivity contribution in [3.8, 4) is 0 Å². The maximum atomic E-state index is 10.9. The number of carbonyl (C=O) groups is 1. The fraction of sp³-hybridized carbons (Fsp3) is 0.643. The summed E-state index contributed by atoms with van der Waals surface area (Å²) in [5.74, 6) is -0.250. The van der Waals surface area contributed by atoms with Gasteiger partial charge in [0.05, 0.1) is 3.79 Å². The van der Waals surface area contributed by atoms with E-state index in [0.29, 0.717) is 24.4 Å². The molecule has 2 atom stereocenters. The Morgan fingerprint density at radius 2 is 2.11 bits per heavy atom. The fourth-order valence-electron chi connectivity index (χ4n) is 3.70. The number of carboxylic acids is 1. The summed E-state index contributed by atoms with van der Waals surface area (Å²) in [4.78, 5) is 13.5. The van der Waals surface area contributed by atoms with Gasteiger partial charge < -0.3 is 5.11 Å². The van der Waals surface area contributed by atoms with Gasteiger partial charge in [-0.25, -0.2) is 0 Å². The van der Waals surface area contributed by atoms with Crippen molar-refractivity contribution in [2.24, 2.45) is 5.92 Å². The Morgan fingerprint density at radius 3 is 2.63 bits per heavy atom. The topological polar surface area (TPSA) is 40.5 Å². The number of carboxylic acid groups (broad SMARTS) is 1. The van der Waals surface area contributed by atoms with E-state index in [2.05, 4.69) is 32.3 Å². The van der Waals surface area contributed by atoms with E-state index in [-0.39, 0.29) is 0 Å². The van der Waals surface area contributed by atoms with Gasteiger partial charge in [0.25, 0.3) is 0 Å². The Balaban J connectivity index is 1.64. The summed E-state index contributed by atoms with van der Waals surface area (Å²) in [5.41, 5.74) is 1.38. The minimum atomic E-state index is -0.639. The maximum absolute atomic E-state index is 10.9. The first-order chi connectivity index (χ1) is 9.11. The first-order valence-corrected chi connectivity index (χ1v) is 8.49. The highest BCUT2D eigenvalue weighted by Crippen LogP contribution is 2.41. The van der Waals surface area contributed by atoms with E-state index in [4.69, 9.17) is 5.11 Å². The van der Waals surface area contributed by atoms with Gasteiger partial charge in [0.1, 0.15) is 0 Å². The first-order valence-electron chi connectivity index (χ1n) is 6.82. The van der Waals surface area contributed by atoms with Crippen LogP contribution in [0.3, 0.4) is 0 Å². The molecule has 0 aromatic carbocycles. The zero-order valence-electron chi connectivity index (χ0n) is 10.7. The second-order valence-electron chi connectivity index (χ2n) is 5.75. The molecule has 3 rings (SSSR count). The van der Waals surface area contributed by atoms with E-state index in [9.17, 15) is 4.79 Å². The van der Waals surface area contributed by atoms with E-state index in [0.717, 1.165) is 19.4 Å². The Bertz CT molecular complexity index is 462. The lowest BCUT2D eigenvalue weighted by molar-refractivity contribution is -0.138. The third-order valence-corrected chi connectivity index (χ3v) is 5.99. The van der Waals surface area contributed by atoms with Gasteiger partial charge in [-0.1, -0.05) is 0 Å². The molecule has 1 aromatic rings. The molecule has 2 aliphatic rings. The zero-order valence-corrected chi connectivity index (χ0v) is 13.1. The van der Waals surface area contributed by atoms with Crippen LogP contribution < -0.4 is 0 Å². The van der Waals surface area contributed by atoms with Crippen LogP contribution in [0.15, 0.2) is 15.2 Å². The molecule has 0 spiro atoms. The molecule has 0 saturated carbocycles. The standard InChI is InChI=1S/C14H18BrNO2S/c15-13-5-10(8-19-13)7-16-11-1-2-12(16)4-9(3-11)6-14(17)18/h5,8-9,11-12H,1-4,6-7H2,(H,17,18). The van der Waals surface area contributed by atoms with E-state index in [1.807, 2.05) is 0 Å². The van der Waals surface area contributed by atoms with Crippen LogP contribution >= 0.6 is 27.3 Å². The normalized spacial score (nSPS) is 30.7. The molecule has 104 valence electrons. The monoisotopic (exact) mass is 343 g/mol. The summed E-state index contributed by atoms with van der Waals surface area (Å²) in [6.45, 7) is 1.03. The average Bonchev–Trinajstić information content (AvgIpc) is 2.82. The molecule has 2 saturated heterocycles. The van der Waals surface area contributed by atoms with Gasteiger partial charge >= 0.3 is 5.97 Å². The van der Waals surface area contributed by atoms with E-state index < -0.39 is 5.97 Å². The van der Waals surface area contributed by atoms with E-state index in [1.165, 1.54) is 22.2 Å². The number of hydrogen-bond acceptors (Lipinski definition) is 3. The number of fused-ring (bicyclic) bond motifs is 2. The van der Waals surface area contributed by atoms with Gasteiger partial charge in [-0.05, 0) is 64.5 Å². The molecule has 1 N–H and O–H groups in total. The number of nitrogens with zero attached hydrogens (tertiary/aromatic N) is 1. The Kier molecular flexibility index (Phi) is 3.96. The van der Waals surface area contributed by atoms with Gasteiger partial charge in [0.15, 0.2) is 0 Å². The Morgan fingerprint density at radius 1 is 1.42 bits per heavy atom. The molecular weight excluding hydrogens is 326 g/mol. The molecule has 2 unspecified atom stereocenters. The van der Waals surface area contributed by atoms with Crippen LogP contribution in [-0.4, -0.2) is 28.1 Å². The van der Waals surface area contributed by atoms with Gasteiger partial charge in [-0.2, -0.15) is 0 Å². The Hall–Kier alpha value is -0.390. The summed E-state index contributed by atoms with van der Waals surface area (Å²) < 4.78 is 1.19. The van der Waals surface area contributed by atoms with Crippen molar-refractivity contribution in [3.63, 3.8) is 0 Å². The molecule has 1 aromatic heterocycles. The number of halogens is 1. The minimum absolute atomic E-state index is 0.352. The van der Waals surface area contributed by atoms with Crippen molar-refractivity contribution in [3.05, 3.63) is 20.8 Å². The maximum Gasteiger partial charge on any atom is 0.303 e. The molecule has 0 amide bonds. The molecule has 2 aliphatic heterocycles. The van der Waals surface area contributed by atoms with E-state index >= 15 is 0 Å². The number of hydrogen-bond donors (Lipinski definition) is 1. The molecule has 5 heteroatoms. The van der Waals surface area contributed by atoms with Crippen molar-refractivity contribution in [1.29, 1.82) is 0 Å². The highest BCUT2D eigenvalue weighted by Gasteiger charge is 2.40. The second-order valence-corrected chi connectivity index (χ2v) is 8.04. The fourth-order valence-corrected chi connectivity index (χ4v) is 4.90. The van der Waals surface area contributed by atoms with Crippen LogP contribution in [0.5, 0.6) is 0 Å². The lowest BCUT2D eigenvalue weighted by Crippen LogP contribution is -2.42. The molecule has 19 heavy (non-hydrogen) atoms. The summed E-state index contributed by atoms with van der Waals surface area (Å²) in [6.07, 6.45) is 4.96. The van der Waals surface area contributed by atoms with Crippen molar-refractivity contribution >= 4 is 33.2 Å². The smallest absolute Gasteiger partial charge is 0.303 e. The second kappa shape index (κ2) is 5.54. The number of thiophene rings is 1. The third kappa shape index (κ3) is 3.03. The van der Waals surface area contributed by atoms with E-state index in [1.54, 1.807) is 11.3 Å². The highest BCUT2D eigenvalue weighted by molar-refractivity contribution is 9.11. The number of piperidine rings is 1. The van der Waals surface area contributed by atoms with Crippen molar-refractivity contribution in [2.75, 3.05) is 0 Å². The predicted octanol–water partition coefficient (Wildman–Crippen LogP) is 3.73. The molecule has 0 aliphatic carbocycles. The highest BCUT2D eigenvalue weighted by atomic mass is 79.9. The van der Waals surface area contributed by atoms with Crippen LogP contribution in [0.1, 0.15) is 37.7 Å². The van der Waals surface area contributed by atoms with Gasteiger partial charge in [0, 0.05) is 25.0 Å². The van der Waals surface area contributed by atoms with Crippen LogP contribution in [0.4, 0.5) is 0 Å². The van der Waals surface area contributed by atoms with Crippen LogP contribution in [0.25, 0.3) is 0 Å². The number of rotatable bonds is 4. The van der Waals surface area contributed by atoms with Crippen LogP contribution in [0, 0.1) is 5.92 Å². The minimum Gasteiger partial charge on any atom is -0.481 e. The summed E-state index contributed by atoms with van der Waals surface area (Å²) in [5, 5.41) is 11.2. The van der Waals surface area contributed by atoms with Crippen LogP contribution in [-0.2, 0) is 11.3 Å². The molecule has 3 nitrogen and oxygen atoms in total. The lowest BCUT2D eigenvalue weighted by Gasteiger charge is -2.38. The third-order valence-electron chi connectivity index (χ3n) is 4.43. The average molecular weight is 344 g/mol. The number of aliphatic carboxylic acids is 1. The quantitative estimate of drug-likeness (QED) is 0.905. The predicted molar refractivity (Wildman–Crippen MR) is 79.3 cm³/mol.